The molecule has 1 aromatic carbocycles. The van der Waals surface area contributed by atoms with Crippen LogP contribution >= 0.6 is 0 Å². The molecule has 1 N–H and O–H groups in total. The molecular weight excluding hydrogens is 212 g/mol. The SMILES string of the molecule is C=C(C#N)c1nc(-c2cc(C)cc(C)c2)n[nH]1. The van der Waals surface area contributed by atoms with E-state index in [1.165, 1.54) is 0 Å². The first-order valence-electron chi connectivity index (χ1n) is 5.20. The van der Waals surface area contributed by atoms with E-state index in [1.807, 2.05) is 32.0 Å². The average Bonchev–Trinajstić information content (AvgIpc) is 2.76. The maximum Gasteiger partial charge on any atom is 0.181 e. The minimum Gasteiger partial charge on any atom is -0.258 e. The van der Waals surface area contributed by atoms with Gasteiger partial charge in [0.25, 0.3) is 0 Å². The van der Waals surface area contributed by atoms with E-state index >= 15 is 0 Å². The topological polar surface area (TPSA) is 65.4 Å². The Morgan fingerprint density at radius 2 is 1.94 bits per heavy atom. The van der Waals surface area contributed by atoms with Crippen LogP contribution in [-0.4, -0.2) is 15.2 Å². The maximum atomic E-state index is 8.72. The number of benzene rings is 1. The van der Waals surface area contributed by atoms with E-state index < -0.39 is 0 Å². The molecule has 2 aromatic rings. The second-order valence-electron chi connectivity index (χ2n) is 3.97. The number of H-pyrrole nitrogens is 1. The van der Waals surface area contributed by atoms with Crippen molar-refractivity contribution in [3.8, 4) is 17.5 Å². The third-order valence-electron chi connectivity index (χ3n) is 2.39. The number of aromatic amines is 1. The van der Waals surface area contributed by atoms with Gasteiger partial charge in [-0.25, -0.2) is 4.98 Å². The summed E-state index contributed by atoms with van der Waals surface area (Å²) in [5.74, 6) is 1.00. The first-order valence-corrected chi connectivity index (χ1v) is 5.20. The molecule has 0 radical (unpaired) electrons. The lowest BCUT2D eigenvalue weighted by Gasteiger charge is -2.00. The zero-order valence-electron chi connectivity index (χ0n) is 9.78. The van der Waals surface area contributed by atoms with Crippen molar-refractivity contribution in [1.29, 1.82) is 5.26 Å². The lowest BCUT2D eigenvalue weighted by Crippen LogP contribution is -1.85. The van der Waals surface area contributed by atoms with Gasteiger partial charge >= 0.3 is 0 Å². The van der Waals surface area contributed by atoms with Crippen molar-refractivity contribution >= 4 is 5.57 Å². The van der Waals surface area contributed by atoms with Crippen LogP contribution in [0, 0.1) is 25.2 Å². The number of rotatable bonds is 2. The summed E-state index contributed by atoms with van der Waals surface area (Å²) in [6, 6.07) is 8.05. The van der Waals surface area contributed by atoms with E-state index in [2.05, 4.69) is 27.8 Å². The van der Waals surface area contributed by atoms with Crippen LogP contribution in [0.25, 0.3) is 17.0 Å². The summed E-state index contributed by atoms with van der Waals surface area (Å²) >= 11 is 0. The largest absolute Gasteiger partial charge is 0.258 e. The van der Waals surface area contributed by atoms with E-state index in [0.29, 0.717) is 11.6 Å². The highest BCUT2D eigenvalue weighted by Gasteiger charge is 2.08. The molecule has 0 aliphatic rings. The van der Waals surface area contributed by atoms with Crippen LogP contribution in [0.4, 0.5) is 0 Å². The summed E-state index contributed by atoms with van der Waals surface area (Å²) in [4.78, 5) is 4.24. The van der Waals surface area contributed by atoms with Crippen LogP contribution in [0.5, 0.6) is 0 Å². The second-order valence-corrected chi connectivity index (χ2v) is 3.97. The van der Waals surface area contributed by atoms with Gasteiger partial charge in [-0.05, 0) is 26.0 Å². The predicted molar refractivity (Wildman–Crippen MR) is 65.9 cm³/mol. The summed E-state index contributed by atoms with van der Waals surface area (Å²) < 4.78 is 0. The van der Waals surface area contributed by atoms with Crippen LogP contribution in [0.1, 0.15) is 17.0 Å². The molecule has 1 aromatic heterocycles. The van der Waals surface area contributed by atoms with Crippen molar-refractivity contribution in [3.05, 3.63) is 41.7 Å². The number of nitriles is 1. The first kappa shape index (κ1) is 11.1. The number of hydrogen-bond donors (Lipinski definition) is 1. The Hall–Kier alpha value is -2.41. The zero-order valence-corrected chi connectivity index (χ0v) is 9.78. The molecule has 0 saturated carbocycles. The quantitative estimate of drug-likeness (QED) is 0.797. The number of nitrogens with zero attached hydrogens (tertiary/aromatic N) is 3. The van der Waals surface area contributed by atoms with Gasteiger partial charge in [0, 0.05) is 5.56 Å². The van der Waals surface area contributed by atoms with Crippen molar-refractivity contribution in [2.24, 2.45) is 0 Å². The highest BCUT2D eigenvalue weighted by molar-refractivity contribution is 5.71. The zero-order chi connectivity index (χ0) is 12.4. The highest BCUT2D eigenvalue weighted by atomic mass is 15.2. The summed E-state index contributed by atoms with van der Waals surface area (Å²) in [6.07, 6.45) is 0. The van der Waals surface area contributed by atoms with Gasteiger partial charge in [-0.3, -0.25) is 5.10 Å². The molecule has 0 aliphatic heterocycles. The lowest BCUT2D eigenvalue weighted by molar-refractivity contribution is 1.08. The van der Waals surface area contributed by atoms with Gasteiger partial charge in [0.15, 0.2) is 11.6 Å². The Morgan fingerprint density at radius 1 is 1.29 bits per heavy atom. The van der Waals surface area contributed by atoms with Gasteiger partial charge in [0.2, 0.25) is 0 Å². The molecule has 0 amide bonds. The molecule has 0 atom stereocenters. The van der Waals surface area contributed by atoms with Gasteiger partial charge in [0.05, 0.1) is 5.57 Å². The van der Waals surface area contributed by atoms with Gasteiger partial charge in [-0.1, -0.05) is 23.8 Å². The summed E-state index contributed by atoms with van der Waals surface area (Å²) in [5, 5.41) is 15.5. The lowest BCUT2D eigenvalue weighted by atomic mass is 10.1. The predicted octanol–water partition coefficient (Wildman–Crippen LogP) is 2.63. The minimum absolute atomic E-state index is 0.285. The van der Waals surface area contributed by atoms with Gasteiger partial charge in [-0.15, -0.1) is 0 Å². The van der Waals surface area contributed by atoms with E-state index in [0.717, 1.165) is 16.7 Å². The van der Waals surface area contributed by atoms with Crippen molar-refractivity contribution in [2.45, 2.75) is 13.8 Å². The second kappa shape index (κ2) is 4.22. The van der Waals surface area contributed by atoms with Gasteiger partial charge in [-0.2, -0.15) is 10.4 Å². The van der Waals surface area contributed by atoms with E-state index in [4.69, 9.17) is 5.26 Å². The smallest absolute Gasteiger partial charge is 0.181 e. The summed E-state index contributed by atoms with van der Waals surface area (Å²) in [6.45, 7) is 7.64. The Kier molecular flexibility index (Phi) is 2.75. The van der Waals surface area contributed by atoms with E-state index in [1.54, 1.807) is 0 Å². The molecule has 84 valence electrons. The fourth-order valence-corrected chi connectivity index (χ4v) is 1.68. The average molecular weight is 224 g/mol. The summed E-state index contributed by atoms with van der Waals surface area (Å²) in [7, 11) is 0. The van der Waals surface area contributed by atoms with Crippen LogP contribution < -0.4 is 0 Å². The molecule has 0 unspecified atom stereocenters. The van der Waals surface area contributed by atoms with E-state index in [9.17, 15) is 0 Å². The third-order valence-corrected chi connectivity index (χ3v) is 2.39. The Balaban J connectivity index is 2.44. The molecular formula is C13H12N4. The minimum atomic E-state index is 0.285. The molecule has 0 spiro atoms. The summed E-state index contributed by atoms with van der Waals surface area (Å²) in [5.41, 5.74) is 3.54. The van der Waals surface area contributed by atoms with Crippen LogP contribution in [-0.2, 0) is 0 Å². The van der Waals surface area contributed by atoms with Gasteiger partial charge < -0.3 is 0 Å². The fraction of sp³-hybridized carbons (Fsp3) is 0.154. The van der Waals surface area contributed by atoms with Crippen LogP contribution in [0.3, 0.4) is 0 Å². The standard InChI is InChI=1S/C13H12N4/c1-8-4-9(2)6-11(5-8)13-15-12(16-17-13)10(3)7-14/h4-6H,3H2,1-2H3,(H,15,16,17). The monoisotopic (exact) mass is 224 g/mol. The van der Waals surface area contributed by atoms with Crippen molar-refractivity contribution < 1.29 is 0 Å². The third kappa shape index (κ3) is 2.23. The molecule has 0 aliphatic carbocycles. The number of nitrogens with one attached hydrogen (secondary N) is 1. The normalized spacial score (nSPS) is 9.94. The van der Waals surface area contributed by atoms with Crippen molar-refractivity contribution in [2.75, 3.05) is 0 Å². The van der Waals surface area contributed by atoms with Crippen molar-refractivity contribution in [1.82, 2.24) is 15.2 Å². The molecule has 0 fully saturated rings. The highest BCUT2D eigenvalue weighted by Crippen LogP contribution is 2.19. The Bertz CT molecular complexity index is 596. The fourth-order valence-electron chi connectivity index (χ4n) is 1.68. The molecule has 17 heavy (non-hydrogen) atoms. The van der Waals surface area contributed by atoms with Crippen molar-refractivity contribution in [3.63, 3.8) is 0 Å². The molecule has 4 nitrogen and oxygen atoms in total. The maximum absolute atomic E-state index is 8.72. The Labute approximate surface area is 99.6 Å². The first-order chi connectivity index (χ1) is 8.10. The van der Waals surface area contributed by atoms with E-state index in [-0.39, 0.29) is 5.57 Å². The number of hydrogen-bond acceptors (Lipinski definition) is 3. The number of aryl methyl sites for hydroxylation is 2. The molecule has 1 heterocycles. The Morgan fingerprint density at radius 3 is 2.53 bits per heavy atom. The molecule has 0 saturated heterocycles. The molecule has 2 rings (SSSR count). The molecule has 0 bridgehead atoms. The van der Waals surface area contributed by atoms with Gasteiger partial charge in [0.1, 0.15) is 6.07 Å². The van der Waals surface area contributed by atoms with Crippen LogP contribution in [0.15, 0.2) is 24.8 Å². The number of aromatic nitrogens is 3. The number of allylic oxidation sites excluding steroid dienone is 1. The molecule has 4 heteroatoms. The van der Waals surface area contributed by atoms with Crippen LogP contribution in [0.2, 0.25) is 0 Å².